The summed E-state index contributed by atoms with van der Waals surface area (Å²) in [4.78, 5) is 22.7. The molecular formula is C13H9ClFNO3. The normalized spacial score (nSPS) is 10.4. The highest BCUT2D eigenvalue weighted by Crippen LogP contribution is 2.16. The number of carbonyl (C=O) groups is 1. The van der Waals surface area contributed by atoms with Gasteiger partial charge in [0.1, 0.15) is 11.5 Å². The standard InChI is InChI=1S/C13H9ClFNO3/c14-9-6-8(4-5-10(9)15)7-16-11(13(18)19)2-1-3-12(16)17/h1-6H,7H2,(H,18,19). The van der Waals surface area contributed by atoms with Crippen molar-refractivity contribution in [2.24, 2.45) is 0 Å². The number of nitrogens with zero attached hydrogens (tertiary/aromatic N) is 1. The van der Waals surface area contributed by atoms with Gasteiger partial charge in [0, 0.05) is 6.07 Å². The molecule has 0 bridgehead atoms. The van der Waals surface area contributed by atoms with E-state index in [0.717, 1.165) is 4.57 Å². The van der Waals surface area contributed by atoms with Gasteiger partial charge in [-0.1, -0.05) is 23.7 Å². The lowest BCUT2D eigenvalue weighted by atomic mass is 10.2. The fourth-order valence-electron chi connectivity index (χ4n) is 1.69. The molecule has 1 heterocycles. The van der Waals surface area contributed by atoms with Crippen LogP contribution in [0.2, 0.25) is 5.02 Å². The molecule has 1 N–H and O–H groups in total. The third kappa shape index (κ3) is 2.82. The van der Waals surface area contributed by atoms with Crippen LogP contribution in [0, 0.1) is 5.82 Å². The van der Waals surface area contributed by atoms with Crippen LogP contribution in [0.5, 0.6) is 0 Å². The molecule has 1 aromatic carbocycles. The number of benzene rings is 1. The molecule has 0 saturated heterocycles. The molecule has 98 valence electrons. The highest BCUT2D eigenvalue weighted by Gasteiger charge is 2.11. The van der Waals surface area contributed by atoms with E-state index in [-0.39, 0.29) is 17.3 Å². The Morgan fingerprint density at radius 2 is 2.05 bits per heavy atom. The summed E-state index contributed by atoms with van der Waals surface area (Å²) >= 11 is 5.64. The van der Waals surface area contributed by atoms with Gasteiger partial charge >= 0.3 is 5.97 Å². The van der Waals surface area contributed by atoms with Crippen LogP contribution in [0.4, 0.5) is 4.39 Å². The number of aromatic nitrogens is 1. The van der Waals surface area contributed by atoms with Crippen LogP contribution < -0.4 is 5.56 Å². The van der Waals surface area contributed by atoms with Gasteiger partial charge in [0.15, 0.2) is 0 Å². The van der Waals surface area contributed by atoms with Gasteiger partial charge in [-0.05, 0) is 23.8 Å². The Morgan fingerprint density at radius 1 is 1.32 bits per heavy atom. The third-order valence-electron chi connectivity index (χ3n) is 2.59. The van der Waals surface area contributed by atoms with E-state index < -0.39 is 17.3 Å². The number of carboxylic acids is 1. The molecule has 0 aliphatic carbocycles. The summed E-state index contributed by atoms with van der Waals surface area (Å²) in [5, 5.41) is 8.95. The van der Waals surface area contributed by atoms with E-state index in [1.54, 1.807) is 0 Å². The molecular weight excluding hydrogens is 273 g/mol. The zero-order valence-corrected chi connectivity index (χ0v) is 10.4. The van der Waals surface area contributed by atoms with Gasteiger partial charge in [0.25, 0.3) is 5.56 Å². The van der Waals surface area contributed by atoms with Gasteiger partial charge in [-0.25, -0.2) is 9.18 Å². The van der Waals surface area contributed by atoms with Crippen molar-refractivity contribution in [3.8, 4) is 0 Å². The summed E-state index contributed by atoms with van der Waals surface area (Å²) in [6.45, 7) is 0.0152. The van der Waals surface area contributed by atoms with Crippen LogP contribution in [-0.4, -0.2) is 15.6 Å². The highest BCUT2D eigenvalue weighted by atomic mass is 35.5. The second kappa shape index (κ2) is 5.24. The number of hydrogen-bond donors (Lipinski definition) is 1. The Hall–Kier alpha value is -2.14. The minimum Gasteiger partial charge on any atom is -0.477 e. The Labute approximate surface area is 112 Å². The molecule has 0 fully saturated rings. The largest absolute Gasteiger partial charge is 0.477 e. The predicted octanol–water partition coefficient (Wildman–Crippen LogP) is 2.39. The summed E-state index contributed by atoms with van der Waals surface area (Å²) in [5.41, 5.74) is -0.0319. The van der Waals surface area contributed by atoms with Crippen LogP contribution in [0.1, 0.15) is 16.1 Å². The highest BCUT2D eigenvalue weighted by molar-refractivity contribution is 6.30. The molecule has 0 amide bonds. The van der Waals surface area contributed by atoms with Gasteiger partial charge in [-0.3, -0.25) is 9.36 Å². The first-order chi connectivity index (χ1) is 8.99. The van der Waals surface area contributed by atoms with Crippen molar-refractivity contribution in [3.05, 3.63) is 68.8 Å². The summed E-state index contributed by atoms with van der Waals surface area (Å²) in [6, 6.07) is 7.95. The first-order valence-corrected chi connectivity index (χ1v) is 5.74. The smallest absolute Gasteiger partial charge is 0.352 e. The Kier molecular flexibility index (Phi) is 3.66. The van der Waals surface area contributed by atoms with Crippen molar-refractivity contribution in [3.63, 3.8) is 0 Å². The van der Waals surface area contributed by atoms with Crippen molar-refractivity contribution in [2.75, 3.05) is 0 Å². The molecule has 2 rings (SSSR count). The predicted molar refractivity (Wildman–Crippen MR) is 68.2 cm³/mol. The van der Waals surface area contributed by atoms with E-state index in [0.29, 0.717) is 5.56 Å². The molecule has 0 saturated carbocycles. The summed E-state index contributed by atoms with van der Waals surface area (Å²) in [5.74, 6) is -1.77. The van der Waals surface area contributed by atoms with Crippen LogP contribution in [0.15, 0.2) is 41.2 Å². The van der Waals surface area contributed by atoms with E-state index >= 15 is 0 Å². The molecule has 2 aromatic rings. The number of aromatic carboxylic acids is 1. The van der Waals surface area contributed by atoms with E-state index in [1.165, 1.54) is 36.4 Å². The number of hydrogen-bond acceptors (Lipinski definition) is 2. The molecule has 19 heavy (non-hydrogen) atoms. The molecule has 1 aromatic heterocycles. The topological polar surface area (TPSA) is 59.3 Å². The Bertz CT molecular complexity index is 697. The zero-order valence-electron chi connectivity index (χ0n) is 9.64. The lowest BCUT2D eigenvalue weighted by Crippen LogP contribution is -2.25. The summed E-state index contributed by atoms with van der Waals surface area (Å²) < 4.78 is 14.1. The average molecular weight is 282 g/mol. The molecule has 0 aliphatic heterocycles. The quantitative estimate of drug-likeness (QED) is 0.940. The van der Waals surface area contributed by atoms with Crippen LogP contribution in [0.3, 0.4) is 0 Å². The van der Waals surface area contributed by atoms with Gasteiger partial charge in [-0.2, -0.15) is 0 Å². The van der Waals surface area contributed by atoms with Crippen molar-refractivity contribution in [1.82, 2.24) is 4.57 Å². The second-order valence-corrected chi connectivity index (χ2v) is 4.30. The van der Waals surface area contributed by atoms with Crippen molar-refractivity contribution >= 4 is 17.6 Å². The fraction of sp³-hybridized carbons (Fsp3) is 0.0769. The molecule has 6 heteroatoms. The van der Waals surface area contributed by atoms with Crippen LogP contribution in [0.25, 0.3) is 0 Å². The van der Waals surface area contributed by atoms with E-state index in [9.17, 15) is 14.0 Å². The first kappa shape index (κ1) is 13.3. The van der Waals surface area contributed by atoms with E-state index in [1.807, 2.05) is 0 Å². The minimum atomic E-state index is -1.20. The monoisotopic (exact) mass is 281 g/mol. The van der Waals surface area contributed by atoms with Gasteiger partial charge in [-0.15, -0.1) is 0 Å². The van der Waals surface area contributed by atoms with Crippen molar-refractivity contribution in [1.29, 1.82) is 0 Å². The number of rotatable bonds is 3. The summed E-state index contributed by atoms with van der Waals surface area (Å²) in [7, 11) is 0. The number of pyridine rings is 1. The molecule has 0 atom stereocenters. The van der Waals surface area contributed by atoms with Crippen LogP contribution in [-0.2, 0) is 6.54 Å². The van der Waals surface area contributed by atoms with Crippen LogP contribution >= 0.6 is 11.6 Å². The van der Waals surface area contributed by atoms with E-state index in [2.05, 4.69) is 0 Å². The molecule has 0 spiro atoms. The maximum atomic E-state index is 13.0. The molecule has 0 unspecified atom stereocenters. The number of carboxylic acid groups (broad SMARTS) is 1. The minimum absolute atomic E-state index is 0.0152. The molecule has 0 aliphatic rings. The first-order valence-electron chi connectivity index (χ1n) is 5.36. The lowest BCUT2D eigenvalue weighted by molar-refractivity contribution is 0.0684. The molecule has 4 nitrogen and oxygen atoms in total. The van der Waals surface area contributed by atoms with Gasteiger partial charge in [0.05, 0.1) is 11.6 Å². The number of halogens is 2. The van der Waals surface area contributed by atoms with Crippen molar-refractivity contribution < 1.29 is 14.3 Å². The maximum absolute atomic E-state index is 13.0. The van der Waals surface area contributed by atoms with Crippen molar-refractivity contribution in [2.45, 2.75) is 6.54 Å². The van der Waals surface area contributed by atoms with Gasteiger partial charge in [0.2, 0.25) is 0 Å². The second-order valence-electron chi connectivity index (χ2n) is 3.89. The Balaban J connectivity index is 2.46. The summed E-state index contributed by atoms with van der Waals surface area (Å²) in [6.07, 6.45) is 0. The lowest BCUT2D eigenvalue weighted by Gasteiger charge is -2.09. The zero-order chi connectivity index (χ0) is 14.0. The third-order valence-corrected chi connectivity index (χ3v) is 2.88. The Morgan fingerprint density at radius 3 is 2.68 bits per heavy atom. The molecule has 0 radical (unpaired) electrons. The van der Waals surface area contributed by atoms with E-state index in [4.69, 9.17) is 16.7 Å². The SMILES string of the molecule is O=C(O)c1cccc(=O)n1Cc1ccc(F)c(Cl)c1. The van der Waals surface area contributed by atoms with Gasteiger partial charge < -0.3 is 5.11 Å². The fourth-order valence-corrected chi connectivity index (χ4v) is 1.89. The maximum Gasteiger partial charge on any atom is 0.352 e. The average Bonchev–Trinajstić information content (AvgIpc) is 2.36.